The minimum absolute atomic E-state index is 0.00903. The van der Waals surface area contributed by atoms with Crippen molar-refractivity contribution in [2.45, 2.75) is 25.1 Å². The average molecular weight is 548 g/mol. The number of fused-ring (bicyclic) bond motifs is 1. The van der Waals surface area contributed by atoms with Crippen LogP contribution in [-0.4, -0.2) is 39.2 Å². The van der Waals surface area contributed by atoms with Crippen LogP contribution in [0, 0.1) is 11.7 Å². The molecule has 2 aromatic heterocycles. The Morgan fingerprint density at radius 1 is 1.18 bits per heavy atom. The van der Waals surface area contributed by atoms with Crippen molar-refractivity contribution in [3.63, 3.8) is 0 Å². The molecule has 196 valence electrons. The Bertz CT molecular complexity index is 1600. The van der Waals surface area contributed by atoms with Crippen molar-refractivity contribution in [3.8, 4) is 11.3 Å². The van der Waals surface area contributed by atoms with Crippen LogP contribution in [0.5, 0.6) is 0 Å². The maximum atomic E-state index is 15.0. The van der Waals surface area contributed by atoms with Gasteiger partial charge in [-0.15, -0.1) is 0 Å². The van der Waals surface area contributed by atoms with E-state index in [4.69, 9.17) is 11.6 Å². The molecule has 0 saturated heterocycles. The first-order valence-electron chi connectivity index (χ1n) is 11.4. The number of aromatic nitrogens is 3. The number of aliphatic hydroxyl groups excluding tert-OH is 1. The van der Waals surface area contributed by atoms with Crippen LogP contribution in [0.15, 0.2) is 42.6 Å². The zero-order valence-electron chi connectivity index (χ0n) is 19.6. The van der Waals surface area contributed by atoms with E-state index in [1.165, 1.54) is 18.3 Å². The highest BCUT2D eigenvalue weighted by molar-refractivity contribution is 6.36. The van der Waals surface area contributed by atoms with Gasteiger partial charge in [0.2, 0.25) is 0 Å². The summed E-state index contributed by atoms with van der Waals surface area (Å²) in [4.78, 5) is 29.8. The van der Waals surface area contributed by atoms with Gasteiger partial charge in [-0.05, 0) is 49.1 Å². The number of ether oxygens (including phenoxy) is 1. The Morgan fingerprint density at radius 2 is 1.92 bits per heavy atom. The first-order valence-corrected chi connectivity index (χ1v) is 11.7. The number of methoxy groups -OCH3 is 1. The number of aliphatic hydroxyl groups is 1. The van der Waals surface area contributed by atoms with Crippen LogP contribution in [0.25, 0.3) is 22.3 Å². The molecular weight excluding hydrogens is 530 g/mol. The summed E-state index contributed by atoms with van der Waals surface area (Å²) in [6.07, 6.45) is -3.55. The fourth-order valence-electron chi connectivity index (χ4n) is 4.37. The van der Waals surface area contributed by atoms with Crippen LogP contribution in [0.2, 0.25) is 5.02 Å². The Balaban J connectivity index is 1.73. The highest BCUT2D eigenvalue weighted by Crippen LogP contribution is 2.44. The summed E-state index contributed by atoms with van der Waals surface area (Å²) in [5.41, 5.74) is -2.61. The molecule has 1 fully saturated rings. The van der Waals surface area contributed by atoms with E-state index >= 15 is 0 Å². The lowest BCUT2D eigenvalue weighted by molar-refractivity contribution is -0.137. The number of aromatic amines is 1. The van der Waals surface area contributed by atoms with E-state index in [1.54, 1.807) is 0 Å². The number of carbonyl (C=O) groups is 2. The predicted octanol–water partition coefficient (Wildman–Crippen LogP) is 5.90. The number of nitrogens with one attached hydrogen (secondary N) is 1. The molecule has 5 rings (SSSR count). The predicted molar refractivity (Wildman–Crippen MR) is 128 cm³/mol. The molecule has 0 bridgehead atoms. The molecule has 4 aromatic rings. The number of rotatable bonds is 6. The molecule has 0 spiro atoms. The monoisotopic (exact) mass is 547 g/mol. The molecule has 2 aromatic carbocycles. The number of esters is 1. The van der Waals surface area contributed by atoms with Gasteiger partial charge in [0, 0.05) is 17.3 Å². The van der Waals surface area contributed by atoms with Gasteiger partial charge in [0.1, 0.15) is 17.0 Å². The van der Waals surface area contributed by atoms with E-state index in [-0.39, 0.29) is 44.9 Å². The summed E-state index contributed by atoms with van der Waals surface area (Å²) >= 11 is 6.10. The van der Waals surface area contributed by atoms with Crippen molar-refractivity contribution in [1.29, 1.82) is 0 Å². The van der Waals surface area contributed by atoms with Gasteiger partial charge in [-0.2, -0.15) is 18.3 Å². The van der Waals surface area contributed by atoms with Gasteiger partial charge < -0.3 is 9.84 Å². The fraction of sp³-hybridized carbons (Fsp3) is 0.231. The molecule has 1 aliphatic rings. The maximum absolute atomic E-state index is 15.0. The van der Waals surface area contributed by atoms with Gasteiger partial charge >= 0.3 is 12.1 Å². The third kappa shape index (κ3) is 4.41. The number of hydrogen-bond acceptors (Lipinski definition) is 6. The van der Waals surface area contributed by atoms with Crippen LogP contribution in [-0.2, 0) is 10.9 Å². The maximum Gasteiger partial charge on any atom is 0.417 e. The van der Waals surface area contributed by atoms with Gasteiger partial charge in [0.05, 0.1) is 46.0 Å². The Kier molecular flexibility index (Phi) is 6.44. The van der Waals surface area contributed by atoms with Crippen LogP contribution in [0.1, 0.15) is 56.4 Å². The lowest BCUT2D eigenvalue weighted by atomic mass is 9.91. The number of halogens is 5. The van der Waals surface area contributed by atoms with Crippen LogP contribution < -0.4 is 0 Å². The number of benzene rings is 2. The van der Waals surface area contributed by atoms with Crippen molar-refractivity contribution >= 4 is 34.4 Å². The molecule has 7 nitrogen and oxygen atoms in total. The molecule has 38 heavy (non-hydrogen) atoms. The minimum atomic E-state index is -4.89. The highest BCUT2D eigenvalue weighted by Gasteiger charge is 2.40. The van der Waals surface area contributed by atoms with Crippen molar-refractivity contribution in [3.05, 3.63) is 81.3 Å². The number of nitrogens with zero attached hydrogens (tertiary/aromatic N) is 2. The topological polar surface area (TPSA) is 105 Å². The Hall–Kier alpha value is -3.83. The van der Waals surface area contributed by atoms with Crippen molar-refractivity contribution in [2.24, 2.45) is 5.92 Å². The van der Waals surface area contributed by atoms with E-state index in [9.17, 15) is 32.3 Å². The van der Waals surface area contributed by atoms with Gasteiger partial charge in [-0.25, -0.2) is 9.18 Å². The van der Waals surface area contributed by atoms with E-state index in [2.05, 4.69) is 19.9 Å². The first kappa shape index (κ1) is 25.8. The lowest BCUT2D eigenvalue weighted by Gasteiger charge is -2.18. The molecule has 0 radical (unpaired) electrons. The minimum Gasteiger partial charge on any atom is -0.465 e. The molecule has 0 amide bonds. The first-order chi connectivity index (χ1) is 18.0. The van der Waals surface area contributed by atoms with E-state index < -0.39 is 46.0 Å². The SMILES string of the molecule is COC(=O)c1ccc(-c2n[nH]c3c(C(=O)c4c(Cl)cccc4C(F)(F)F)c(C(O)C4CC4)cnc23)c(F)c1. The molecule has 12 heteroatoms. The van der Waals surface area contributed by atoms with Gasteiger partial charge in [-0.3, -0.25) is 14.9 Å². The summed E-state index contributed by atoms with van der Waals surface area (Å²) < 4.78 is 61.1. The third-order valence-corrected chi connectivity index (χ3v) is 6.73. The van der Waals surface area contributed by atoms with Crippen LogP contribution >= 0.6 is 11.6 Å². The van der Waals surface area contributed by atoms with Gasteiger partial charge in [0.15, 0.2) is 5.78 Å². The summed E-state index contributed by atoms with van der Waals surface area (Å²) in [6.45, 7) is 0. The number of hydrogen-bond donors (Lipinski definition) is 2. The molecule has 1 saturated carbocycles. The van der Waals surface area contributed by atoms with E-state index in [1.807, 2.05) is 0 Å². The summed E-state index contributed by atoms with van der Waals surface area (Å²) in [5.74, 6) is -2.89. The zero-order valence-corrected chi connectivity index (χ0v) is 20.3. The molecular formula is C26H18ClF4N3O4. The van der Waals surface area contributed by atoms with Gasteiger partial charge in [-0.1, -0.05) is 17.7 Å². The average Bonchev–Trinajstić information content (AvgIpc) is 3.65. The number of ketones is 1. The van der Waals surface area contributed by atoms with Gasteiger partial charge in [0.25, 0.3) is 0 Å². The number of H-pyrrole nitrogens is 1. The highest BCUT2D eigenvalue weighted by atomic mass is 35.5. The normalized spacial score (nSPS) is 14.5. The van der Waals surface area contributed by atoms with Crippen molar-refractivity contribution in [2.75, 3.05) is 7.11 Å². The molecule has 1 unspecified atom stereocenters. The summed E-state index contributed by atoms with van der Waals surface area (Å²) in [5, 5.41) is 17.1. The fourth-order valence-corrected chi connectivity index (χ4v) is 4.63. The molecule has 1 atom stereocenters. The third-order valence-electron chi connectivity index (χ3n) is 6.42. The second-order valence-electron chi connectivity index (χ2n) is 8.84. The molecule has 1 aliphatic carbocycles. The van der Waals surface area contributed by atoms with E-state index in [0.29, 0.717) is 12.8 Å². The lowest BCUT2D eigenvalue weighted by Crippen LogP contribution is -2.17. The summed E-state index contributed by atoms with van der Waals surface area (Å²) in [7, 11) is 1.15. The molecule has 0 aliphatic heterocycles. The largest absolute Gasteiger partial charge is 0.465 e. The quantitative estimate of drug-likeness (QED) is 0.177. The number of carbonyl (C=O) groups excluding carboxylic acids is 2. The number of alkyl halides is 3. The van der Waals surface area contributed by atoms with E-state index in [0.717, 1.165) is 31.4 Å². The van der Waals surface area contributed by atoms with Crippen molar-refractivity contribution < 1.29 is 37.0 Å². The van der Waals surface area contributed by atoms with Crippen LogP contribution in [0.3, 0.4) is 0 Å². The second kappa shape index (κ2) is 9.48. The summed E-state index contributed by atoms with van der Waals surface area (Å²) in [6, 6.07) is 6.50. The Labute approximate surface area is 217 Å². The number of pyridine rings is 1. The molecule has 2 heterocycles. The molecule has 2 N–H and O–H groups in total. The zero-order chi connectivity index (χ0) is 27.4. The standard InChI is InChI=1S/C26H18ClF4N3O4/c1-38-25(37)12-7-8-13(17(28)9-12)20-22-21(34-33-20)18(14(10-32-22)23(35)11-5-6-11)24(36)19-15(26(29,30)31)3-2-4-16(19)27/h2-4,7-11,23,35H,5-6H2,1H3,(H,33,34). The Morgan fingerprint density at radius 3 is 2.55 bits per heavy atom. The second-order valence-corrected chi connectivity index (χ2v) is 9.25. The smallest absolute Gasteiger partial charge is 0.417 e. The van der Waals surface area contributed by atoms with Crippen LogP contribution in [0.4, 0.5) is 17.6 Å². The van der Waals surface area contributed by atoms with Crippen molar-refractivity contribution in [1.82, 2.24) is 15.2 Å².